The number of pyridine rings is 1. The molecule has 0 radical (unpaired) electrons. The Balaban J connectivity index is 1.53. The number of aromatic nitrogens is 1. The lowest BCUT2D eigenvalue weighted by atomic mass is 10.00. The van der Waals surface area contributed by atoms with Crippen LogP contribution in [-0.2, 0) is 0 Å². The highest BCUT2D eigenvalue weighted by atomic mass is 32.1. The van der Waals surface area contributed by atoms with Crippen molar-refractivity contribution in [3.05, 3.63) is 90.6 Å². The van der Waals surface area contributed by atoms with Gasteiger partial charge in [-0.2, -0.15) is 0 Å². The second-order valence-corrected chi connectivity index (χ2v) is 10.9. The van der Waals surface area contributed by atoms with Gasteiger partial charge in [0.2, 0.25) is 0 Å². The molecule has 0 atom stereocenters. The molecule has 7 rings (SSSR count). The predicted molar refractivity (Wildman–Crippen MR) is 147 cm³/mol. The minimum Gasteiger partial charge on any atom is -0.256 e. The van der Waals surface area contributed by atoms with Crippen molar-refractivity contribution in [2.24, 2.45) is 0 Å². The summed E-state index contributed by atoms with van der Waals surface area (Å²) in [6.45, 7) is 3.85. The Morgan fingerprint density at radius 2 is 1.30 bits per heavy atom. The zero-order valence-corrected chi connectivity index (χ0v) is 20.0. The Hall–Kier alpha value is -3.27. The zero-order chi connectivity index (χ0) is 23.0. The van der Waals surface area contributed by atoms with Gasteiger partial charge in [-0.3, -0.25) is 4.98 Å². The first-order valence-electron chi connectivity index (χ1n) is 11.6. The molecule has 0 amide bonds. The van der Waals surface area contributed by atoms with E-state index < -0.39 is 5.89 Å². The third-order valence-corrected chi connectivity index (χ3v) is 9.12. The summed E-state index contributed by atoms with van der Waals surface area (Å²) in [7, 11) is 0. The molecule has 0 aliphatic rings. The zero-order valence-electron chi connectivity index (χ0n) is 19.3. The van der Waals surface area contributed by atoms with Crippen LogP contribution in [0.1, 0.15) is 26.7 Å². The fourth-order valence-corrected chi connectivity index (χ4v) is 7.52. The molecule has 0 saturated carbocycles. The van der Waals surface area contributed by atoms with Gasteiger partial charge in [-0.05, 0) is 29.7 Å². The van der Waals surface area contributed by atoms with Gasteiger partial charge in [-0.25, -0.2) is 0 Å². The number of hydrogen-bond donors (Lipinski definition) is 0. The summed E-state index contributed by atoms with van der Waals surface area (Å²) in [5.41, 5.74) is 3.06. The van der Waals surface area contributed by atoms with E-state index in [1.165, 1.54) is 51.1 Å². The van der Waals surface area contributed by atoms with E-state index in [1.54, 1.807) is 0 Å². The molecule has 3 aromatic heterocycles. The molecule has 0 aliphatic carbocycles. The highest BCUT2D eigenvalue weighted by Gasteiger charge is 2.16. The molecule has 0 aliphatic heterocycles. The van der Waals surface area contributed by atoms with Crippen molar-refractivity contribution in [2.75, 3.05) is 0 Å². The summed E-state index contributed by atoms with van der Waals surface area (Å²) >= 11 is 3.75. The van der Waals surface area contributed by atoms with Gasteiger partial charge in [0.15, 0.2) is 0 Å². The maximum atomic E-state index is 8.46. The average Bonchev–Trinajstić information content (AvgIpc) is 3.42. The van der Waals surface area contributed by atoms with Gasteiger partial charge in [0.05, 0.1) is 5.69 Å². The van der Waals surface area contributed by atoms with Gasteiger partial charge in [-0.15, -0.1) is 22.7 Å². The highest BCUT2D eigenvalue weighted by molar-refractivity contribution is 7.28. The number of fused-ring (bicyclic) bond motifs is 9. The Bertz CT molecular complexity index is 1900. The average molecular weight is 461 g/mol. The van der Waals surface area contributed by atoms with Gasteiger partial charge in [0.1, 0.15) is 0 Å². The largest absolute Gasteiger partial charge is 0.256 e. The molecule has 4 aromatic carbocycles. The number of nitrogens with zero attached hydrogens (tertiary/aromatic N) is 1. The van der Waals surface area contributed by atoms with Crippen molar-refractivity contribution in [2.45, 2.75) is 19.7 Å². The van der Waals surface area contributed by atoms with Gasteiger partial charge < -0.3 is 0 Å². The van der Waals surface area contributed by atoms with Crippen LogP contribution in [-0.4, -0.2) is 4.98 Å². The molecule has 0 N–H and O–H groups in total. The van der Waals surface area contributed by atoms with Crippen LogP contribution in [0.2, 0.25) is 0 Å². The van der Waals surface area contributed by atoms with Gasteiger partial charge >= 0.3 is 0 Å². The molecule has 0 fully saturated rings. The third-order valence-electron chi connectivity index (χ3n) is 6.61. The van der Waals surface area contributed by atoms with E-state index in [0.717, 1.165) is 16.8 Å². The molecule has 33 heavy (non-hydrogen) atoms. The monoisotopic (exact) mass is 460 g/mol. The lowest BCUT2D eigenvalue weighted by molar-refractivity contribution is 0.864. The Kier molecular flexibility index (Phi) is 3.92. The maximum Gasteiger partial charge on any atom is 0.0719 e. The van der Waals surface area contributed by atoms with Crippen LogP contribution in [0.5, 0.6) is 0 Å². The molecular formula is C30H21NS2. The summed E-state index contributed by atoms with van der Waals surface area (Å²) in [6.07, 6.45) is 1.83. The number of benzene rings is 4. The summed E-state index contributed by atoms with van der Waals surface area (Å²) in [5, 5.41) is 7.90. The second kappa shape index (κ2) is 7.11. The van der Waals surface area contributed by atoms with E-state index in [4.69, 9.17) is 6.35 Å². The van der Waals surface area contributed by atoms with Crippen molar-refractivity contribution in [3.8, 4) is 11.3 Å². The SMILES string of the molecule is [2H]C(C)(C)c1ccnc(-c2cccc3c2sc2c3ccc3c2ccc2c4ccccc4sc23)c1. The van der Waals surface area contributed by atoms with E-state index in [0.29, 0.717) is 0 Å². The summed E-state index contributed by atoms with van der Waals surface area (Å²) in [6, 6.07) is 28.4. The minimum atomic E-state index is -0.655. The highest BCUT2D eigenvalue weighted by Crippen LogP contribution is 2.45. The Morgan fingerprint density at radius 3 is 2.06 bits per heavy atom. The molecule has 0 saturated heterocycles. The topological polar surface area (TPSA) is 12.9 Å². The van der Waals surface area contributed by atoms with Crippen LogP contribution in [0, 0.1) is 0 Å². The number of rotatable bonds is 2. The molecule has 7 aromatic rings. The normalized spacial score (nSPS) is 13.0. The fraction of sp³-hybridized carbons (Fsp3) is 0.100. The lowest BCUT2D eigenvalue weighted by Crippen LogP contribution is -1.90. The van der Waals surface area contributed by atoms with Crippen LogP contribution in [0.4, 0.5) is 0 Å². The Morgan fingerprint density at radius 1 is 0.667 bits per heavy atom. The lowest BCUT2D eigenvalue weighted by Gasteiger charge is -2.08. The first kappa shape index (κ1) is 18.2. The van der Waals surface area contributed by atoms with Crippen molar-refractivity contribution in [1.29, 1.82) is 0 Å². The van der Waals surface area contributed by atoms with E-state index >= 15 is 0 Å². The molecule has 0 spiro atoms. The molecule has 3 heteroatoms. The first-order chi connectivity index (χ1) is 16.5. The molecule has 3 heterocycles. The van der Waals surface area contributed by atoms with Crippen LogP contribution in [0.3, 0.4) is 0 Å². The molecule has 0 bridgehead atoms. The summed E-state index contributed by atoms with van der Waals surface area (Å²) < 4.78 is 13.7. The minimum absolute atomic E-state index is 0.655. The number of thiophene rings is 2. The maximum absolute atomic E-state index is 8.46. The molecule has 158 valence electrons. The third kappa shape index (κ3) is 2.79. The van der Waals surface area contributed by atoms with Crippen LogP contribution in [0.25, 0.3) is 62.4 Å². The smallest absolute Gasteiger partial charge is 0.0719 e. The number of hydrogen-bond acceptors (Lipinski definition) is 3. The first-order valence-corrected chi connectivity index (χ1v) is 12.8. The van der Waals surface area contributed by atoms with Crippen molar-refractivity contribution in [3.63, 3.8) is 0 Å². The van der Waals surface area contributed by atoms with Crippen molar-refractivity contribution in [1.82, 2.24) is 4.98 Å². The van der Waals surface area contributed by atoms with Crippen LogP contribution < -0.4 is 0 Å². The molecular weight excluding hydrogens is 438 g/mol. The van der Waals surface area contributed by atoms with Crippen LogP contribution >= 0.6 is 22.7 Å². The molecule has 1 nitrogen and oxygen atoms in total. The van der Waals surface area contributed by atoms with E-state index in [-0.39, 0.29) is 0 Å². The fourth-order valence-electron chi connectivity index (χ4n) is 4.93. The predicted octanol–water partition coefficient (Wildman–Crippen LogP) is 9.76. The second-order valence-electron chi connectivity index (χ2n) is 8.79. The van der Waals surface area contributed by atoms with E-state index in [9.17, 15) is 0 Å². The summed E-state index contributed by atoms with van der Waals surface area (Å²) in [5.74, 6) is -0.655. The van der Waals surface area contributed by atoms with E-state index in [2.05, 4.69) is 72.8 Å². The van der Waals surface area contributed by atoms with Gasteiger partial charge in [0, 0.05) is 64.2 Å². The Labute approximate surface area is 201 Å². The van der Waals surface area contributed by atoms with Gasteiger partial charge in [0.25, 0.3) is 0 Å². The summed E-state index contributed by atoms with van der Waals surface area (Å²) in [4.78, 5) is 4.70. The van der Waals surface area contributed by atoms with Crippen molar-refractivity contribution >= 4 is 73.8 Å². The van der Waals surface area contributed by atoms with Crippen LogP contribution in [0.15, 0.2) is 85.1 Å². The molecule has 0 unspecified atom stereocenters. The van der Waals surface area contributed by atoms with Crippen molar-refractivity contribution < 1.29 is 1.37 Å². The quantitative estimate of drug-likeness (QED) is 0.250. The van der Waals surface area contributed by atoms with E-state index in [1.807, 2.05) is 48.8 Å². The van der Waals surface area contributed by atoms with Gasteiger partial charge in [-0.1, -0.05) is 74.5 Å². The standard InChI is InChI=1S/C30H21NS2/c1-17(2)18-14-15-31-26(16-18)25-8-5-7-20-22-12-13-23-24(29(22)33-30(20)25)11-10-21-19-6-3-4-9-27(19)32-28(21)23/h3-17H,1-2H3/i17D.